The van der Waals surface area contributed by atoms with Crippen LogP contribution >= 0.6 is 15.9 Å². The highest BCUT2D eigenvalue weighted by molar-refractivity contribution is 9.10. The monoisotopic (exact) mass is 556 g/mol. The van der Waals surface area contributed by atoms with E-state index in [0.29, 0.717) is 30.2 Å². The predicted octanol–water partition coefficient (Wildman–Crippen LogP) is 4.85. The predicted molar refractivity (Wildman–Crippen MR) is 141 cm³/mol. The first-order valence-electron chi connectivity index (χ1n) is 12.1. The fourth-order valence-corrected chi connectivity index (χ4v) is 5.67. The Morgan fingerprint density at radius 1 is 1.00 bits per heavy atom. The molecule has 1 unspecified atom stereocenters. The summed E-state index contributed by atoms with van der Waals surface area (Å²) in [5, 5.41) is 0. The zero-order valence-electron chi connectivity index (χ0n) is 21.6. The van der Waals surface area contributed by atoms with E-state index in [9.17, 15) is 14.4 Å². The topological polar surface area (TPSA) is 76.2 Å². The van der Waals surface area contributed by atoms with Crippen LogP contribution in [0.2, 0.25) is 0 Å². The van der Waals surface area contributed by atoms with Crippen molar-refractivity contribution in [2.75, 3.05) is 25.7 Å². The normalized spacial score (nSPS) is 20.4. The number of anilines is 1. The number of hydrogen-bond acceptors (Lipinski definition) is 5. The second kappa shape index (κ2) is 9.54. The van der Waals surface area contributed by atoms with Crippen molar-refractivity contribution >= 4 is 39.3 Å². The molecule has 7 nitrogen and oxygen atoms in total. The maximum atomic E-state index is 13.9. The molecule has 0 N–H and O–H groups in total. The second-order valence-electron chi connectivity index (χ2n) is 10.6. The highest BCUT2D eigenvalue weighted by Gasteiger charge is 2.69. The fraction of sp³-hybridized carbons (Fsp3) is 0.464. The van der Waals surface area contributed by atoms with Gasteiger partial charge in [-0.15, -0.1) is 0 Å². The Bertz CT molecular complexity index is 1180. The van der Waals surface area contributed by atoms with E-state index >= 15 is 0 Å². The molecule has 1 aliphatic carbocycles. The number of methoxy groups -OCH3 is 2. The van der Waals surface area contributed by atoms with Crippen molar-refractivity contribution < 1.29 is 23.9 Å². The molecule has 192 valence electrons. The van der Waals surface area contributed by atoms with E-state index < -0.39 is 6.04 Å². The van der Waals surface area contributed by atoms with E-state index in [1.165, 1.54) is 4.90 Å². The van der Waals surface area contributed by atoms with Gasteiger partial charge in [-0.1, -0.05) is 49.7 Å². The van der Waals surface area contributed by atoms with Gasteiger partial charge in [-0.3, -0.25) is 14.4 Å². The Morgan fingerprint density at radius 3 is 2.17 bits per heavy atom. The molecular formula is C28H33BrN2O5. The van der Waals surface area contributed by atoms with Crippen molar-refractivity contribution in [2.24, 2.45) is 16.7 Å². The van der Waals surface area contributed by atoms with Gasteiger partial charge < -0.3 is 14.4 Å². The van der Waals surface area contributed by atoms with Crippen LogP contribution in [0.3, 0.4) is 0 Å². The third kappa shape index (κ3) is 4.40. The third-order valence-electron chi connectivity index (χ3n) is 8.22. The molecule has 0 aromatic heterocycles. The molecule has 0 bridgehead atoms. The van der Waals surface area contributed by atoms with Crippen molar-refractivity contribution in [3.63, 3.8) is 0 Å². The fourth-order valence-electron chi connectivity index (χ4n) is 5.41. The molecule has 4 rings (SSSR count). The molecule has 1 heterocycles. The molecule has 3 amide bonds. The molecule has 8 heteroatoms. The third-order valence-corrected chi connectivity index (χ3v) is 8.75. The van der Waals surface area contributed by atoms with Crippen molar-refractivity contribution in [1.82, 2.24) is 4.90 Å². The number of nitrogens with zero attached hydrogens (tertiary/aromatic N) is 2. The van der Waals surface area contributed by atoms with Gasteiger partial charge in [0.1, 0.15) is 6.04 Å². The summed E-state index contributed by atoms with van der Waals surface area (Å²) in [6, 6.07) is 11.8. The molecule has 2 fully saturated rings. The standard InChI is InChI=1S/C28H33BrN2O5/c1-27(2)24(28(27,3)4)26(34)30(14-13-17-7-12-21(35-5)22(15-17)36-6)20-16-23(32)31(25(20)33)19-10-8-18(29)9-11-19/h7-12,15,20,24H,13-14,16H2,1-6H3. The lowest BCUT2D eigenvalue weighted by Crippen LogP contribution is -2.47. The van der Waals surface area contributed by atoms with Crippen LogP contribution in [0.15, 0.2) is 46.9 Å². The van der Waals surface area contributed by atoms with Crippen molar-refractivity contribution in [3.8, 4) is 11.5 Å². The summed E-state index contributed by atoms with van der Waals surface area (Å²) in [5.74, 6) is 0.266. The van der Waals surface area contributed by atoms with Crippen molar-refractivity contribution in [2.45, 2.75) is 46.6 Å². The number of halogens is 1. The van der Waals surface area contributed by atoms with Gasteiger partial charge in [0.2, 0.25) is 11.8 Å². The molecule has 1 saturated heterocycles. The summed E-state index contributed by atoms with van der Waals surface area (Å²) in [7, 11) is 3.16. The minimum Gasteiger partial charge on any atom is -0.493 e. The van der Waals surface area contributed by atoms with Crippen molar-refractivity contribution in [1.29, 1.82) is 0 Å². The number of rotatable bonds is 8. The van der Waals surface area contributed by atoms with Gasteiger partial charge in [-0.2, -0.15) is 0 Å². The van der Waals surface area contributed by atoms with E-state index in [4.69, 9.17) is 9.47 Å². The Kier molecular flexibility index (Phi) is 6.94. The lowest BCUT2D eigenvalue weighted by molar-refractivity contribution is -0.140. The van der Waals surface area contributed by atoms with Crippen LogP contribution in [0.25, 0.3) is 0 Å². The molecule has 1 aliphatic heterocycles. The Balaban J connectivity index is 1.62. The van der Waals surface area contributed by atoms with Gasteiger partial charge in [-0.25, -0.2) is 4.90 Å². The van der Waals surface area contributed by atoms with Crippen LogP contribution in [-0.4, -0.2) is 49.4 Å². The molecular weight excluding hydrogens is 524 g/mol. The summed E-state index contributed by atoms with van der Waals surface area (Å²) in [6.45, 7) is 8.64. The number of carbonyl (C=O) groups is 3. The summed E-state index contributed by atoms with van der Waals surface area (Å²) in [6.07, 6.45) is 0.482. The van der Waals surface area contributed by atoms with E-state index in [2.05, 4.69) is 43.6 Å². The van der Waals surface area contributed by atoms with E-state index in [1.54, 1.807) is 43.4 Å². The Hall–Kier alpha value is -2.87. The molecule has 2 aromatic carbocycles. The molecule has 2 aliphatic rings. The van der Waals surface area contributed by atoms with E-state index in [-0.39, 0.29) is 40.9 Å². The Labute approximate surface area is 220 Å². The average molecular weight is 557 g/mol. The van der Waals surface area contributed by atoms with Crippen LogP contribution in [0, 0.1) is 16.7 Å². The summed E-state index contributed by atoms with van der Waals surface area (Å²) in [5.41, 5.74) is 1.07. The van der Waals surface area contributed by atoms with Crippen LogP contribution in [0.1, 0.15) is 39.7 Å². The van der Waals surface area contributed by atoms with Crippen LogP contribution in [0.5, 0.6) is 11.5 Å². The number of imide groups is 1. The van der Waals surface area contributed by atoms with Gasteiger partial charge >= 0.3 is 0 Å². The SMILES string of the molecule is COc1ccc(CCN(C(=O)C2C(C)(C)C2(C)C)C2CC(=O)N(c3ccc(Br)cc3)C2=O)cc1OC. The van der Waals surface area contributed by atoms with Crippen LogP contribution < -0.4 is 14.4 Å². The zero-order chi connectivity index (χ0) is 26.4. The average Bonchev–Trinajstić information content (AvgIpc) is 3.07. The number of carbonyl (C=O) groups excluding carboxylic acids is 3. The number of ether oxygens (including phenoxy) is 2. The zero-order valence-corrected chi connectivity index (χ0v) is 23.2. The quantitative estimate of drug-likeness (QED) is 0.434. The number of amides is 3. The minimum atomic E-state index is -0.832. The summed E-state index contributed by atoms with van der Waals surface area (Å²) in [4.78, 5) is 43.3. The highest BCUT2D eigenvalue weighted by Crippen LogP contribution is 2.69. The first kappa shape index (κ1) is 26.2. The van der Waals surface area contributed by atoms with Gasteiger partial charge in [0, 0.05) is 16.9 Å². The smallest absolute Gasteiger partial charge is 0.257 e. The maximum Gasteiger partial charge on any atom is 0.257 e. The summed E-state index contributed by atoms with van der Waals surface area (Å²) >= 11 is 3.39. The molecule has 0 radical (unpaired) electrons. The summed E-state index contributed by atoms with van der Waals surface area (Å²) < 4.78 is 11.6. The lowest BCUT2D eigenvalue weighted by atomic mass is 10.0. The first-order chi connectivity index (χ1) is 16.9. The molecule has 2 aromatic rings. The molecule has 0 spiro atoms. The molecule has 36 heavy (non-hydrogen) atoms. The molecule has 1 atom stereocenters. The van der Waals surface area contributed by atoms with Gasteiger partial charge in [-0.05, 0) is 59.2 Å². The van der Waals surface area contributed by atoms with Crippen LogP contribution in [-0.2, 0) is 20.8 Å². The highest BCUT2D eigenvalue weighted by atomic mass is 79.9. The van der Waals surface area contributed by atoms with Gasteiger partial charge in [0.25, 0.3) is 5.91 Å². The molecule has 1 saturated carbocycles. The minimum absolute atomic E-state index is 0.0276. The van der Waals surface area contributed by atoms with E-state index in [0.717, 1.165) is 10.0 Å². The van der Waals surface area contributed by atoms with Crippen LogP contribution in [0.4, 0.5) is 5.69 Å². The number of hydrogen-bond donors (Lipinski definition) is 0. The second-order valence-corrected chi connectivity index (χ2v) is 11.5. The van der Waals surface area contributed by atoms with Gasteiger partial charge in [0.15, 0.2) is 11.5 Å². The van der Waals surface area contributed by atoms with E-state index in [1.807, 2.05) is 18.2 Å². The maximum absolute atomic E-state index is 13.9. The number of benzene rings is 2. The largest absolute Gasteiger partial charge is 0.493 e. The van der Waals surface area contributed by atoms with Gasteiger partial charge in [0.05, 0.1) is 26.3 Å². The first-order valence-corrected chi connectivity index (χ1v) is 12.9. The van der Waals surface area contributed by atoms with Crippen molar-refractivity contribution in [3.05, 3.63) is 52.5 Å². The Morgan fingerprint density at radius 2 is 1.61 bits per heavy atom. The lowest BCUT2D eigenvalue weighted by Gasteiger charge is -2.29.